The molecule has 0 radical (unpaired) electrons. The Hall–Kier alpha value is -3.29. The molecule has 1 aliphatic rings. The molecular formula is C29H33F2N3O2. The zero-order valence-electron chi connectivity index (χ0n) is 20.6. The molecular weight excluding hydrogens is 460 g/mol. The van der Waals surface area contributed by atoms with Gasteiger partial charge in [0.2, 0.25) is 0 Å². The van der Waals surface area contributed by atoms with Gasteiger partial charge in [-0.3, -0.25) is 9.69 Å². The van der Waals surface area contributed by atoms with E-state index in [1.165, 1.54) is 18.2 Å². The third-order valence-corrected chi connectivity index (χ3v) is 6.50. The molecule has 7 heteroatoms. The van der Waals surface area contributed by atoms with Crippen molar-refractivity contribution in [2.75, 3.05) is 31.6 Å². The number of benzene rings is 3. The summed E-state index contributed by atoms with van der Waals surface area (Å²) in [5.41, 5.74) is 5.33. The molecule has 5 nitrogen and oxygen atoms in total. The predicted molar refractivity (Wildman–Crippen MR) is 138 cm³/mol. The lowest BCUT2D eigenvalue weighted by molar-refractivity contribution is -0.140. The third kappa shape index (κ3) is 7.35. The summed E-state index contributed by atoms with van der Waals surface area (Å²) in [6.45, 7) is 5.47. The number of esters is 1. The molecule has 2 N–H and O–H groups in total. The van der Waals surface area contributed by atoms with E-state index in [4.69, 9.17) is 4.74 Å². The number of nitrogens with zero attached hydrogens (tertiary/aromatic N) is 1. The molecule has 1 heterocycles. The van der Waals surface area contributed by atoms with E-state index in [1.54, 1.807) is 13.0 Å². The van der Waals surface area contributed by atoms with Crippen LogP contribution in [0.1, 0.15) is 29.2 Å². The SMILES string of the molecule is CCOC(=O)CNc1ccc(CNCCN2Cc3ccc(F)cc3CC2Cc2ccc(F)cc2)cc1. The van der Waals surface area contributed by atoms with Gasteiger partial charge in [-0.25, -0.2) is 8.78 Å². The smallest absolute Gasteiger partial charge is 0.325 e. The van der Waals surface area contributed by atoms with Crippen LogP contribution < -0.4 is 10.6 Å². The van der Waals surface area contributed by atoms with Gasteiger partial charge in [0.05, 0.1) is 6.61 Å². The van der Waals surface area contributed by atoms with Gasteiger partial charge in [0.15, 0.2) is 0 Å². The van der Waals surface area contributed by atoms with Crippen LogP contribution in [0, 0.1) is 11.6 Å². The summed E-state index contributed by atoms with van der Waals surface area (Å²) in [4.78, 5) is 13.9. The third-order valence-electron chi connectivity index (χ3n) is 6.50. The summed E-state index contributed by atoms with van der Waals surface area (Å²) >= 11 is 0. The van der Waals surface area contributed by atoms with Crippen LogP contribution in [-0.2, 0) is 35.5 Å². The highest BCUT2D eigenvalue weighted by Gasteiger charge is 2.26. The number of hydrogen-bond donors (Lipinski definition) is 2. The zero-order chi connectivity index (χ0) is 25.3. The average molecular weight is 494 g/mol. The molecule has 0 saturated heterocycles. The molecule has 36 heavy (non-hydrogen) atoms. The molecule has 0 spiro atoms. The Balaban J connectivity index is 1.30. The maximum atomic E-state index is 13.8. The van der Waals surface area contributed by atoms with Crippen molar-refractivity contribution in [3.63, 3.8) is 0 Å². The van der Waals surface area contributed by atoms with Gasteiger partial charge in [0, 0.05) is 37.9 Å². The second-order valence-corrected chi connectivity index (χ2v) is 9.10. The fourth-order valence-corrected chi connectivity index (χ4v) is 4.61. The molecule has 0 aliphatic carbocycles. The monoisotopic (exact) mass is 493 g/mol. The van der Waals surface area contributed by atoms with E-state index in [1.807, 2.05) is 42.5 Å². The van der Waals surface area contributed by atoms with Crippen molar-refractivity contribution in [3.05, 3.63) is 101 Å². The summed E-state index contributed by atoms with van der Waals surface area (Å²) in [5.74, 6) is -0.711. The maximum Gasteiger partial charge on any atom is 0.325 e. The summed E-state index contributed by atoms with van der Waals surface area (Å²) in [6, 6.07) is 19.9. The van der Waals surface area contributed by atoms with Crippen molar-refractivity contribution in [2.24, 2.45) is 0 Å². The quantitative estimate of drug-likeness (QED) is 0.300. The van der Waals surface area contributed by atoms with Crippen LogP contribution in [0.15, 0.2) is 66.7 Å². The minimum atomic E-state index is -0.272. The van der Waals surface area contributed by atoms with Crippen LogP contribution in [0.4, 0.5) is 14.5 Å². The Bertz CT molecular complexity index is 1140. The van der Waals surface area contributed by atoms with E-state index in [0.29, 0.717) is 6.61 Å². The molecule has 0 aromatic heterocycles. The number of carbonyl (C=O) groups is 1. The topological polar surface area (TPSA) is 53.6 Å². The van der Waals surface area contributed by atoms with E-state index in [9.17, 15) is 13.6 Å². The second kappa shape index (κ2) is 12.6. The molecule has 1 atom stereocenters. The van der Waals surface area contributed by atoms with Crippen LogP contribution in [0.25, 0.3) is 0 Å². The van der Waals surface area contributed by atoms with Crippen molar-refractivity contribution in [3.8, 4) is 0 Å². The van der Waals surface area contributed by atoms with Gasteiger partial charge >= 0.3 is 5.97 Å². The number of halogens is 2. The van der Waals surface area contributed by atoms with E-state index in [0.717, 1.165) is 67.0 Å². The Morgan fingerprint density at radius 2 is 1.69 bits per heavy atom. The molecule has 0 bridgehead atoms. The number of rotatable bonds is 11. The highest BCUT2D eigenvalue weighted by molar-refractivity contribution is 5.74. The Kier molecular flexibility index (Phi) is 9.03. The minimum Gasteiger partial charge on any atom is -0.465 e. The Morgan fingerprint density at radius 1 is 0.972 bits per heavy atom. The first-order valence-electron chi connectivity index (χ1n) is 12.4. The number of anilines is 1. The molecule has 0 amide bonds. The average Bonchev–Trinajstić information content (AvgIpc) is 2.88. The van der Waals surface area contributed by atoms with Gasteiger partial charge < -0.3 is 15.4 Å². The molecule has 1 unspecified atom stereocenters. The van der Waals surface area contributed by atoms with Gasteiger partial charge in [-0.05, 0) is 78.4 Å². The van der Waals surface area contributed by atoms with Crippen molar-refractivity contribution >= 4 is 11.7 Å². The van der Waals surface area contributed by atoms with E-state index in [-0.39, 0.29) is 30.2 Å². The van der Waals surface area contributed by atoms with Gasteiger partial charge in [0.25, 0.3) is 0 Å². The largest absolute Gasteiger partial charge is 0.465 e. The zero-order valence-corrected chi connectivity index (χ0v) is 20.6. The lowest BCUT2D eigenvalue weighted by Crippen LogP contribution is -2.44. The maximum absolute atomic E-state index is 13.8. The number of hydrogen-bond acceptors (Lipinski definition) is 5. The molecule has 0 saturated carbocycles. The molecule has 0 fully saturated rings. The van der Waals surface area contributed by atoms with Gasteiger partial charge in [-0.15, -0.1) is 0 Å². The number of carbonyl (C=O) groups excluding carboxylic acids is 1. The van der Waals surface area contributed by atoms with Crippen molar-refractivity contribution < 1.29 is 18.3 Å². The number of ether oxygens (including phenoxy) is 1. The first-order chi connectivity index (χ1) is 17.5. The second-order valence-electron chi connectivity index (χ2n) is 9.10. The van der Waals surface area contributed by atoms with Crippen LogP contribution in [0.3, 0.4) is 0 Å². The first-order valence-corrected chi connectivity index (χ1v) is 12.4. The fourth-order valence-electron chi connectivity index (χ4n) is 4.61. The standard InChI is InChI=1S/C29H33F2N3O2/c1-2-36-29(35)19-33-27-11-5-22(6-12-27)18-32-13-14-34-20-23-7-10-26(31)16-24(23)17-28(34)15-21-3-8-25(30)9-4-21/h3-12,16,28,32-33H,2,13-15,17-20H2,1H3. The molecule has 3 aromatic carbocycles. The molecule has 1 aliphatic heterocycles. The molecule has 190 valence electrons. The van der Waals surface area contributed by atoms with Crippen LogP contribution >= 0.6 is 0 Å². The highest BCUT2D eigenvalue weighted by Crippen LogP contribution is 2.26. The van der Waals surface area contributed by atoms with Crippen LogP contribution in [0.2, 0.25) is 0 Å². The van der Waals surface area contributed by atoms with Gasteiger partial charge in [-0.2, -0.15) is 0 Å². The van der Waals surface area contributed by atoms with Crippen molar-refractivity contribution in [1.29, 1.82) is 0 Å². The first kappa shape index (κ1) is 25.8. The van der Waals surface area contributed by atoms with Crippen LogP contribution in [0.5, 0.6) is 0 Å². The summed E-state index contributed by atoms with van der Waals surface area (Å²) in [7, 11) is 0. The van der Waals surface area contributed by atoms with Crippen molar-refractivity contribution in [1.82, 2.24) is 10.2 Å². The summed E-state index contributed by atoms with van der Waals surface area (Å²) in [5, 5.41) is 6.57. The summed E-state index contributed by atoms with van der Waals surface area (Å²) < 4.78 is 32.1. The van der Waals surface area contributed by atoms with Gasteiger partial charge in [-0.1, -0.05) is 30.3 Å². The van der Waals surface area contributed by atoms with Crippen molar-refractivity contribution in [2.45, 2.75) is 38.9 Å². The van der Waals surface area contributed by atoms with E-state index in [2.05, 4.69) is 15.5 Å². The highest BCUT2D eigenvalue weighted by atomic mass is 19.1. The summed E-state index contributed by atoms with van der Waals surface area (Å²) in [6.07, 6.45) is 1.56. The Morgan fingerprint density at radius 3 is 2.44 bits per heavy atom. The normalized spacial score (nSPS) is 15.4. The molecule has 4 rings (SSSR count). The number of fused-ring (bicyclic) bond motifs is 1. The van der Waals surface area contributed by atoms with Gasteiger partial charge in [0.1, 0.15) is 18.2 Å². The lowest BCUT2D eigenvalue weighted by Gasteiger charge is -2.37. The lowest BCUT2D eigenvalue weighted by atomic mass is 9.90. The van der Waals surface area contributed by atoms with E-state index >= 15 is 0 Å². The predicted octanol–water partition coefficient (Wildman–Crippen LogP) is 4.70. The fraction of sp³-hybridized carbons (Fsp3) is 0.345. The Labute approximate surface area is 211 Å². The van der Waals surface area contributed by atoms with E-state index < -0.39 is 0 Å². The minimum absolute atomic E-state index is 0.149. The van der Waals surface area contributed by atoms with Crippen LogP contribution in [-0.4, -0.2) is 43.2 Å². The molecule has 3 aromatic rings. The number of nitrogens with one attached hydrogen (secondary N) is 2.